The Morgan fingerprint density at radius 1 is 1.38 bits per heavy atom. The Labute approximate surface area is 123 Å². The zero-order valence-electron chi connectivity index (χ0n) is 11.9. The summed E-state index contributed by atoms with van der Waals surface area (Å²) in [5, 5.41) is 12.2. The summed E-state index contributed by atoms with van der Waals surface area (Å²) >= 11 is 0. The Morgan fingerprint density at radius 2 is 2.10 bits per heavy atom. The Morgan fingerprint density at radius 3 is 2.67 bits per heavy atom. The van der Waals surface area contributed by atoms with Crippen LogP contribution in [0.2, 0.25) is 0 Å². The highest BCUT2D eigenvalue weighted by molar-refractivity contribution is 5.86. The van der Waals surface area contributed by atoms with Gasteiger partial charge in [-0.05, 0) is 18.4 Å². The molecule has 6 heteroatoms. The smallest absolute Gasteiger partial charge is 0.408 e. The van der Waals surface area contributed by atoms with Gasteiger partial charge in [0.05, 0.1) is 13.2 Å². The van der Waals surface area contributed by atoms with E-state index in [9.17, 15) is 14.7 Å². The van der Waals surface area contributed by atoms with Gasteiger partial charge < -0.3 is 19.9 Å². The molecule has 6 nitrogen and oxygen atoms in total. The van der Waals surface area contributed by atoms with Crippen LogP contribution in [-0.4, -0.2) is 35.9 Å². The molecule has 1 aliphatic rings. The van der Waals surface area contributed by atoms with Crippen molar-refractivity contribution in [2.75, 3.05) is 7.11 Å². The van der Waals surface area contributed by atoms with E-state index < -0.39 is 23.7 Å². The topological polar surface area (TPSA) is 84.9 Å². The van der Waals surface area contributed by atoms with Gasteiger partial charge in [0.1, 0.15) is 12.1 Å². The van der Waals surface area contributed by atoms with E-state index in [0.29, 0.717) is 12.8 Å². The SMILES string of the molecule is COC(=O)[C@@]1(NC(=O)OCc2ccccc2)CC[C@@H](O)C1. The fraction of sp³-hybridized carbons (Fsp3) is 0.467. The van der Waals surface area contributed by atoms with Crippen molar-refractivity contribution < 1.29 is 24.2 Å². The number of carbonyl (C=O) groups is 2. The van der Waals surface area contributed by atoms with Crippen molar-refractivity contribution in [1.29, 1.82) is 0 Å². The average Bonchev–Trinajstić information content (AvgIpc) is 2.87. The number of ether oxygens (including phenoxy) is 2. The lowest BCUT2D eigenvalue weighted by atomic mass is 9.98. The number of esters is 1. The number of aliphatic hydroxyl groups is 1. The molecule has 1 aromatic rings. The van der Waals surface area contributed by atoms with E-state index in [2.05, 4.69) is 5.32 Å². The largest absolute Gasteiger partial charge is 0.467 e. The number of methoxy groups -OCH3 is 1. The van der Waals surface area contributed by atoms with Crippen molar-refractivity contribution in [2.24, 2.45) is 0 Å². The van der Waals surface area contributed by atoms with E-state index in [1.54, 1.807) is 0 Å². The van der Waals surface area contributed by atoms with E-state index in [-0.39, 0.29) is 13.0 Å². The van der Waals surface area contributed by atoms with Crippen molar-refractivity contribution in [1.82, 2.24) is 5.32 Å². The van der Waals surface area contributed by atoms with Gasteiger partial charge in [-0.2, -0.15) is 0 Å². The summed E-state index contributed by atoms with van der Waals surface area (Å²) in [6.07, 6.45) is -0.410. The molecule has 0 saturated heterocycles. The Kier molecular flexibility index (Phi) is 4.80. The van der Waals surface area contributed by atoms with Gasteiger partial charge in [-0.1, -0.05) is 30.3 Å². The average molecular weight is 293 g/mol. The maximum absolute atomic E-state index is 11.9. The lowest BCUT2D eigenvalue weighted by Crippen LogP contribution is -2.53. The number of nitrogens with one attached hydrogen (secondary N) is 1. The van der Waals surface area contributed by atoms with Crippen molar-refractivity contribution in [3.05, 3.63) is 35.9 Å². The molecule has 1 aliphatic carbocycles. The third-order valence-corrected chi connectivity index (χ3v) is 3.62. The van der Waals surface area contributed by atoms with Gasteiger partial charge in [-0.25, -0.2) is 9.59 Å². The van der Waals surface area contributed by atoms with Gasteiger partial charge in [0.15, 0.2) is 0 Å². The van der Waals surface area contributed by atoms with E-state index in [1.807, 2.05) is 30.3 Å². The molecular formula is C15H19NO5. The molecule has 0 radical (unpaired) electrons. The van der Waals surface area contributed by atoms with Gasteiger partial charge in [0.2, 0.25) is 0 Å². The van der Waals surface area contributed by atoms with E-state index in [0.717, 1.165) is 5.56 Å². The number of carbonyl (C=O) groups excluding carboxylic acids is 2. The molecule has 2 N–H and O–H groups in total. The molecule has 1 fully saturated rings. The van der Waals surface area contributed by atoms with Crippen molar-refractivity contribution >= 4 is 12.1 Å². The summed E-state index contributed by atoms with van der Waals surface area (Å²) in [5.74, 6) is -0.560. The molecule has 0 heterocycles. The molecule has 21 heavy (non-hydrogen) atoms. The summed E-state index contributed by atoms with van der Waals surface area (Å²) in [6.45, 7) is 0.118. The lowest BCUT2D eigenvalue weighted by molar-refractivity contribution is -0.148. The van der Waals surface area contributed by atoms with Gasteiger partial charge >= 0.3 is 12.1 Å². The van der Waals surface area contributed by atoms with Gasteiger partial charge in [0.25, 0.3) is 0 Å². The first-order valence-corrected chi connectivity index (χ1v) is 6.81. The molecule has 2 atom stereocenters. The van der Waals surface area contributed by atoms with Crippen LogP contribution in [0.15, 0.2) is 30.3 Å². The van der Waals surface area contributed by atoms with Crippen LogP contribution in [0.25, 0.3) is 0 Å². The molecule has 0 bridgehead atoms. The van der Waals surface area contributed by atoms with Gasteiger partial charge in [0, 0.05) is 6.42 Å². The zero-order valence-corrected chi connectivity index (χ0v) is 11.9. The summed E-state index contributed by atoms with van der Waals surface area (Å²) in [6, 6.07) is 9.24. The molecule has 114 valence electrons. The number of amides is 1. The first-order chi connectivity index (χ1) is 10.1. The van der Waals surface area contributed by atoms with Crippen LogP contribution < -0.4 is 5.32 Å². The van der Waals surface area contributed by atoms with Crippen LogP contribution in [0.4, 0.5) is 4.79 Å². The van der Waals surface area contributed by atoms with Crippen molar-refractivity contribution in [2.45, 2.75) is 37.5 Å². The van der Waals surface area contributed by atoms with E-state index in [4.69, 9.17) is 9.47 Å². The quantitative estimate of drug-likeness (QED) is 0.819. The number of rotatable bonds is 4. The highest BCUT2D eigenvalue weighted by atomic mass is 16.6. The minimum absolute atomic E-state index is 0.118. The Bertz CT molecular complexity index is 504. The summed E-state index contributed by atoms with van der Waals surface area (Å²) in [4.78, 5) is 23.8. The first kappa shape index (κ1) is 15.3. The minimum Gasteiger partial charge on any atom is -0.467 e. The molecular weight excluding hydrogens is 274 g/mol. The van der Waals surface area contributed by atoms with Crippen LogP contribution >= 0.6 is 0 Å². The number of benzene rings is 1. The second kappa shape index (κ2) is 6.58. The van der Waals surface area contributed by atoms with Crippen LogP contribution in [-0.2, 0) is 20.9 Å². The van der Waals surface area contributed by atoms with E-state index in [1.165, 1.54) is 7.11 Å². The van der Waals surface area contributed by atoms with Crippen LogP contribution in [0.1, 0.15) is 24.8 Å². The Balaban J connectivity index is 1.94. The highest BCUT2D eigenvalue weighted by Gasteiger charge is 2.47. The third kappa shape index (κ3) is 3.72. The number of aliphatic hydroxyl groups excluding tert-OH is 1. The number of alkyl carbamates (subject to hydrolysis) is 1. The lowest BCUT2D eigenvalue weighted by Gasteiger charge is -2.26. The molecule has 1 saturated carbocycles. The molecule has 0 unspecified atom stereocenters. The van der Waals surface area contributed by atoms with E-state index >= 15 is 0 Å². The molecule has 0 spiro atoms. The minimum atomic E-state index is -1.19. The summed E-state index contributed by atoms with van der Waals surface area (Å²) in [7, 11) is 1.26. The predicted molar refractivity (Wildman–Crippen MR) is 74.4 cm³/mol. The fourth-order valence-corrected chi connectivity index (χ4v) is 2.52. The molecule has 1 amide bonds. The van der Waals surface area contributed by atoms with Crippen LogP contribution in [0.3, 0.4) is 0 Å². The second-order valence-electron chi connectivity index (χ2n) is 5.16. The molecule has 1 aromatic carbocycles. The first-order valence-electron chi connectivity index (χ1n) is 6.81. The number of hydrogen-bond donors (Lipinski definition) is 2. The highest BCUT2D eigenvalue weighted by Crippen LogP contribution is 2.31. The predicted octanol–water partition coefficient (Wildman–Crippen LogP) is 1.37. The Hall–Kier alpha value is -2.08. The normalized spacial score (nSPS) is 24.4. The van der Waals surface area contributed by atoms with Crippen molar-refractivity contribution in [3.8, 4) is 0 Å². The van der Waals surface area contributed by atoms with Crippen LogP contribution in [0.5, 0.6) is 0 Å². The molecule has 0 aromatic heterocycles. The third-order valence-electron chi connectivity index (χ3n) is 3.62. The summed E-state index contributed by atoms with van der Waals surface area (Å²) in [5.41, 5.74) is -0.340. The monoisotopic (exact) mass is 293 g/mol. The van der Waals surface area contributed by atoms with Gasteiger partial charge in [-0.15, -0.1) is 0 Å². The zero-order chi connectivity index (χ0) is 15.3. The summed E-state index contributed by atoms with van der Waals surface area (Å²) < 4.78 is 9.83. The molecule has 0 aliphatic heterocycles. The molecule has 2 rings (SSSR count). The maximum Gasteiger partial charge on any atom is 0.408 e. The fourth-order valence-electron chi connectivity index (χ4n) is 2.52. The van der Waals surface area contributed by atoms with Crippen LogP contribution in [0, 0.1) is 0 Å². The second-order valence-corrected chi connectivity index (χ2v) is 5.16. The van der Waals surface area contributed by atoms with Gasteiger partial charge in [-0.3, -0.25) is 0 Å². The standard InChI is InChI=1S/C15H19NO5/c1-20-13(18)15(8-7-12(17)9-15)16-14(19)21-10-11-5-3-2-4-6-11/h2-6,12,17H,7-10H2,1H3,(H,16,19)/t12-,15-/m1/s1. The number of hydrogen-bond acceptors (Lipinski definition) is 5. The maximum atomic E-state index is 11.9. The van der Waals surface area contributed by atoms with Crippen molar-refractivity contribution in [3.63, 3.8) is 0 Å².